The van der Waals surface area contributed by atoms with E-state index in [2.05, 4.69) is 10.1 Å². The molecule has 2 aromatic carbocycles. The number of pyridine rings is 1. The van der Waals surface area contributed by atoms with Crippen molar-refractivity contribution in [2.24, 2.45) is 5.73 Å². The molecule has 0 saturated heterocycles. The first kappa shape index (κ1) is 19.5. The average molecular weight is 402 g/mol. The molecule has 0 radical (unpaired) electrons. The van der Waals surface area contributed by atoms with Gasteiger partial charge >= 0.3 is 6.09 Å². The maximum Gasteiger partial charge on any atom is 0.435 e. The molecule has 0 atom stereocenters. The first-order valence-corrected chi connectivity index (χ1v) is 9.36. The number of ether oxygens (including phenoxy) is 1. The Balaban J connectivity index is 1.77. The summed E-state index contributed by atoms with van der Waals surface area (Å²) in [6, 6.07) is 18.9. The van der Waals surface area contributed by atoms with Crippen molar-refractivity contribution in [3.05, 3.63) is 96.2 Å². The minimum Gasteiger partial charge on any atom is -0.443 e. The summed E-state index contributed by atoms with van der Waals surface area (Å²) in [5.74, 6) is -0.357. The molecule has 0 aliphatic rings. The van der Waals surface area contributed by atoms with Crippen molar-refractivity contribution >= 4 is 6.09 Å². The van der Waals surface area contributed by atoms with E-state index < -0.39 is 6.09 Å². The van der Waals surface area contributed by atoms with Crippen LogP contribution in [-0.4, -0.2) is 20.9 Å². The van der Waals surface area contributed by atoms with E-state index in [1.165, 1.54) is 16.8 Å². The number of aromatic nitrogens is 3. The molecule has 30 heavy (non-hydrogen) atoms. The molecule has 2 heterocycles. The summed E-state index contributed by atoms with van der Waals surface area (Å²) in [4.78, 5) is 16.9. The zero-order chi connectivity index (χ0) is 20.9. The van der Waals surface area contributed by atoms with Crippen LogP contribution in [-0.2, 0) is 17.9 Å². The van der Waals surface area contributed by atoms with Crippen LogP contribution in [0.25, 0.3) is 22.4 Å². The Morgan fingerprint density at radius 2 is 1.67 bits per heavy atom. The van der Waals surface area contributed by atoms with E-state index in [1.54, 1.807) is 24.5 Å². The van der Waals surface area contributed by atoms with Crippen LogP contribution in [0.1, 0.15) is 11.3 Å². The monoisotopic (exact) mass is 402 g/mol. The lowest BCUT2D eigenvalue weighted by Gasteiger charge is -2.08. The molecule has 4 rings (SSSR count). The van der Waals surface area contributed by atoms with Crippen LogP contribution >= 0.6 is 0 Å². The number of nitrogens with two attached hydrogens (primary N) is 1. The molecule has 2 N–H and O–H groups in total. The Morgan fingerprint density at radius 1 is 0.967 bits per heavy atom. The van der Waals surface area contributed by atoms with E-state index in [0.29, 0.717) is 22.5 Å². The lowest BCUT2D eigenvalue weighted by Crippen LogP contribution is -2.19. The lowest BCUT2D eigenvalue weighted by atomic mass is 9.99. The molecule has 0 aliphatic carbocycles. The second kappa shape index (κ2) is 8.67. The third kappa shape index (κ3) is 3.97. The number of carbonyl (C=O) groups is 1. The van der Waals surface area contributed by atoms with Crippen LogP contribution in [0.5, 0.6) is 0 Å². The van der Waals surface area contributed by atoms with Crippen LogP contribution in [0.4, 0.5) is 9.18 Å². The van der Waals surface area contributed by atoms with Gasteiger partial charge in [0, 0.05) is 30.1 Å². The molecule has 150 valence electrons. The smallest absolute Gasteiger partial charge is 0.435 e. The number of rotatable bonds is 5. The van der Waals surface area contributed by atoms with Gasteiger partial charge in [-0.2, -0.15) is 9.78 Å². The molecule has 0 bridgehead atoms. The molecular formula is C23H19FN4O2. The predicted molar refractivity (Wildman–Crippen MR) is 111 cm³/mol. The quantitative estimate of drug-likeness (QED) is 0.535. The highest BCUT2D eigenvalue weighted by Gasteiger charge is 2.24. The third-order valence-corrected chi connectivity index (χ3v) is 4.64. The lowest BCUT2D eigenvalue weighted by molar-refractivity contribution is 0.137. The van der Waals surface area contributed by atoms with E-state index >= 15 is 0 Å². The van der Waals surface area contributed by atoms with Crippen molar-refractivity contribution < 1.29 is 13.9 Å². The van der Waals surface area contributed by atoms with Crippen molar-refractivity contribution in [3.63, 3.8) is 0 Å². The van der Waals surface area contributed by atoms with Gasteiger partial charge in [0.25, 0.3) is 0 Å². The molecule has 0 fully saturated rings. The van der Waals surface area contributed by atoms with Crippen LogP contribution < -0.4 is 5.73 Å². The Bertz CT molecular complexity index is 1140. The first-order valence-electron chi connectivity index (χ1n) is 9.36. The van der Waals surface area contributed by atoms with E-state index in [4.69, 9.17) is 10.5 Å². The summed E-state index contributed by atoms with van der Waals surface area (Å²) in [7, 11) is 0. The summed E-state index contributed by atoms with van der Waals surface area (Å²) in [5, 5.41) is 4.49. The van der Waals surface area contributed by atoms with E-state index in [9.17, 15) is 9.18 Å². The third-order valence-electron chi connectivity index (χ3n) is 4.64. The Kier molecular flexibility index (Phi) is 5.63. The molecule has 4 aromatic rings. The molecule has 0 spiro atoms. The van der Waals surface area contributed by atoms with Crippen molar-refractivity contribution in [3.8, 4) is 22.4 Å². The number of hydrogen-bond acceptors (Lipinski definition) is 5. The maximum absolute atomic E-state index is 13.4. The van der Waals surface area contributed by atoms with Crippen LogP contribution in [0.2, 0.25) is 0 Å². The average Bonchev–Trinajstić information content (AvgIpc) is 3.19. The van der Waals surface area contributed by atoms with Gasteiger partial charge in [-0.1, -0.05) is 30.3 Å². The summed E-state index contributed by atoms with van der Waals surface area (Å²) in [5.41, 5.74) is 10.0. The van der Waals surface area contributed by atoms with Gasteiger partial charge in [-0.05, 0) is 47.5 Å². The highest BCUT2D eigenvalue weighted by molar-refractivity contribution is 5.86. The molecule has 7 heteroatoms. The maximum atomic E-state index is 13.4. The summed E-state index contributed by atoms with van der Waals surface area (Å²) in [6.45, 7) is 0.173. The van der Waals surface area contributed by atoms with E-state index in [-0.39, 0.29) is 19.0 Å². The van der Waals surface area contributed by atoms with Gasteiger partial charge in [0.2, 0.25) is 0 Å². The SMILES string of the molecule is NCc1c(-c2ccncc2)c(-c2ccc(F)cc2)nn1C(=O)OCc1ccccc1. The number of halogens is 1. The molecule has 0 unspecified atom stereocenters. The number of hydrogen-bond donors (Lipinski definition) is 1. The summed E-state index contributed by atoms with van der Waals surface area (Å²) < 4.78 is 20.1. The van der Waals surface area contributed by atoms with Gasteiger partial charge in [-0.15, -0.1) is 0 Å². The Hall–Kier alpha value is -3.84. The van der Waals surface area contributed by atoms with Gasteiger partial charge in [-0.3, -0.25) is 4.98 Å². The van der Waals surface area contributed by atoms with Crippen molar-refractivity contribution in [1.29, 1.82) is 0 Å². The second-order valence-electron chi connectivity index (χ2n) is 6.57. The van der Waals surface area contributed by atoms with Gasteiger partial charge in [0.05, 0.1) is 5.69 Å². The van der Waals surface area contributed by atoms with E-state index in [1.807, 2.05) is 42.5 Å². The topological polar surface area (TPSA) is 83.0 Å². The van der Waals surface area contributed by atoms with Crippen molar-refractivity contribution in [2.45, 2.75) is 13.2 Å². The predicted octanol–water partition coefficient (Wildman–Crippen LogP) is 4.39. The van der Waals surface area contributed by atoms with Gasteiger partial charge in [0.1, 0.15) is 18.1 Å². The van der Waals surface area contributed by atoms with E-state index in [0.717, 1.165) is 11.1 Å². The normalized spacial score (nSPS) is 10.7. The molecular weight excluding hydrogens is 383 g/mol. The first-order chi connectivity index (χ1) is 14.7. The fourth-order valence-corrected chi connectivity index (χ4v) is 3.20. The Morgan fingerprint density at radius 3 is 2.33 bits per heavy atom. The second-order valence-corrected chi connectivity index (χ2v) is 6.57. The standard InChI is InChI=1S/C23H19FN4O2/c24-19-8-6-18(7-9-19)22-21(17-10-12-26-13-11-17)20(14-25)28(27-22)23(29)30-15-16-4-2-1-3-5-16/h1-13H,14-15,25H2. The fraction of sp³-hybridized carbons (Fsp3) is 0.0870. The molecule has 6 nitrogen and oxygen atoms in total. The molecule has 0 aliphatic heterocycles. The van der Waals surface area contributed by atoms with Gasteiger partial charge in [-0.25, -0.2) is 9.18 Å². The molecule has 2 aromatic heterocycles. The van der Waals surface area contributed by atoms with Gasteiger partial charge in [0.15, 0.2) is 0 Å². The number of benzene rings is 2. The summed E-state index contributed by atoms with van der Waals surface area (Å²) in [6.07, 6.45) is 2.66. The molecule has 0 amide bonds. The van der Waals surface area contributed by atoms with Crippen LogP contribution in [0, 0.1) is 5.82 Å². The summed E-state index contributed by atoms with van der Waals surface area (Å²) >= 11 is 0. The van der Waals surface area contributed by atoms with Crippen LogP contribution in [0.3, 0.4) is 0 Å². The molecule has 0 saturated carbocycles. The number of carbonyl (C=O) groups excluding carboxylic acids is 1. The zero-order valence-electron chi connectivity index (χ0n) is 16.0. The van der Waals surface area contributed by atoms with Gasteiger partial charge < -0.3 is 10.5 Å². The zero-order valence-corrected chi connectivity index (χ0v) is 16.0. The Labute approximate surface area is 172 Å². The highest BCUT2D eigenvalue weighted by atomic mass is 19.1. The minimum atomic E-state index is -0.636. The minimum absolute atomic E-state index is 0.0618. The largest absolute Gasteiger partial charge is 0.443 e. The van der Waals surface area contributed by atoms with Crippen molar-refractivity contribution in [2.75, 3.05) is 0 Å². The van der Waals surface area contributed by atoms with Crippen LogP contribution in [0.15, 0.2) is 79.1 Å². The fourth-order valence-electron chi connectivity index (χ4n) is 3.20. The number of nitrogens with zero attached hydrogens (tertiary/aromatic N) is 3. The highest BCUT2D eigenvalue weighted by Crippen LogP contribution is 2.34. The van der Waals surface area contributed by atoms with Crippen molar-refractivity contribution in [1.82, 2.24) is 14.8 Å².